The molecule has 0 atom stereocenters. The van der Waals surface area contributed by atoms with Gasteiger partial charge in [0.2, 0.25) is 5.95 Å². The van der Waals surface area contributed by atoms with Crippen LogP contribution in [0.5, 0.6) is 5.75 Å². The monoisotopic (exact) mass is 364 g/mol. The van der Waals surface area contributed by atoms with Gasteiger partial charge in [0.1, 0.15) is 11.6 Å². The Morgan fingerprint density at radius 2 is 1.78 bits per heavy atom. The van der Waals surface area contributed by atoms with E-state index in [0.717, 1.165) is 22.7 Å². The van der Waals surface area contributed by atoms with Crippen LogP contribution in [0, 0.1) is 6.92 Å². The number of hydrogen-bond acceptors (Lipinski definition) is 7. The summed E-state index contributed by atoms with van der Waals surface area (Å²) >= 11 is 0. The van der Waals surface area contributed by atoms with Gasteiger partial charge in [-0.25, -0.2) is 9.78 Å². The molecule has 2 N–H and O–H groups in total. The molecule has 0 saturated carbocycles. The van der Waals surface area contributed by atoms with E-state index in [9.17, 15) is 4.79 Å². The van der Waals surface area contributed by atoms with E-state index in [1.807, 2.05) is 25.1 Å². The highest BCUT2D eigenvalue weighted by Gasteiger charge is 2.07. The maximum atomic E-state index is 11.5. The number of rotatable bonds is 6. The lowest BCUT2D eigenvalue weighted by molar-refractivity contribution is 0.0601. The number of aromatic nitrogens is 2. The first-order valence-electron chi connectivity index (χ1n) is 8.29. The molecule has 3 aromatic rings. The molecule has 0 aliphatic carbocycles. The molecule has 0 bridgehead atoms. The molecule has 7 nitrogen and oxygen atoms in total. The van der Waals surface area contributed by atoms with Gasteiger partial charge in [-0.15, -0.1) is 0 Å². The maximum Gasteiger partial charge on any atom is 0.337 e. The predicted molar refractivity (Wildman–Crippen MR) is 104 cm³/mol. The highest BCUT2D eigenvalue weighted by atomic mass is 16.5. The van der Waals surface area contributed by atoms with Crippen LogP contribution in [0.1, 0.15) is 15.9 Å². The molecule has 7 heteroatoms. The Morgan fingerprint density at radius 3 is 2.48 bits per heavy atom. The maximum absolute atomic E-state index is 11.5. The van der Waals surface area contributed by atoms with E-state index in [0.29, 0.717) is 17.3 Å². The standard InChI is InChI=1S/C20H20N4O3/c1-13-4-9-17(26-2)16(12-13)23-18-10-11-21-20(24-18)22-15-7-5-14(6-8-15)19(25)27-3/h4-12H,1-3H3,(H2,21,22,23,24). The summed E-state index contributed by atoms with van der Waals surface area (Å²) in [5.74, 6) is 1.41. The van der Waals surface area contributed by atoms with Crippen LogP contribution in [0.3, 0.4) is 0 Å². The smallest absolute Gasteiger partial charge is 0.337 e. The van der Waals surface area contributed by atoms with Crippen molar-refractivity contribution in [2.75, 3.05) is 24.9 Å². The Kier molecular flexibility index (Phi) is 5.51. The third kappa shape index (κ3) is 4.52. The van der Waals surface area contributed by atoms with E-state index in [-0.39, 0.29) is 5.97 Å². The van der Waals surface area contributed by atoms with Crippen LogP contribution in [-0.4, -0.2) is 30.2 Å². The average Bonchev–Trinajstić information content (AvgIpc) is 2.68. The van der Waals surface area contributed by atoms with Gasteiger partial charge in [0.05, 0.1) is 25.5 Å². The molecule has 2 aromatic carbocycles. The Bertz CT molecular complexity index is 942. The highest BCUT2D eigenvalue weighted by molar-refractivity contribution is 5.89. The number of anilines is 4. The Hall–Kier alpha value is -3.61. The molecule has 0 amide bonds. The quantitative estimate of drug-likeness (QED) is 0.638. The number of aryl methyl sites for hydroxylation is 1. The molecule has 138 valence electrons. The third-order valence-corrected chi connectivity index (χ3v) is 3.84. The largest absolute Gasteiger partial charge is 0.495 e. The SMILES string of the molecule is COC(=O)c1ccc(Nc2nccc(Nc3cc(C)ccc3OC)n2)cc1. The predicted octanol–water partition coefficient (Wildman–Crippen LogP) is 4.07. The number of methoxy groups -OCH3 is 2. The van der Waals surface area contributed by atoms with Gasteiger partial charge in [-0.2, -0.15) is 4.98 Å². The lowest BCUT2D eigenvalue weighted by Crippen LogP contribution is -2.03. The van der Waals surface area contributed by atoms with Crippen LogP contribution >= 0.6 is 0 Å². The summed E-state index contributed by atoms with van der Waals surface area (Å²) in [6, 6.07) is 14.5. The van der Waals surface area contributed by atoms with Gasteiger partial charge in [-0.3, -0.25) is 0 Å². The van der Waals surface area contributed by atoms with Gasteiger partial charge in [0.25, 0.3) is 0 Å². The number of nitrogens with zero attached hydrogens (tertiary/aromatic N) is 2. The summed E-state index contributed by atoms with van der Waals surface area (Å²) in [4.78, 5) is 20.2. The van der Waals surface area contributed by atoms with Crippen molar-refractivity contribution in [1.82, 2.24) is 9.97 Å². The van der Waals surface area contributed by atoms with Crippen molar-refractivity contribution in [1.29, 1.82) is 0 Å². The van der Waals surface area contributed by atoms with Crippen molar-refractivity contribution in [3.8, 4) is 5.75 Å². The number of carbonyl (C=O) groups is 1. The minimum atomic E-state index is -0.379. The van der Waals surface area contributed by atoms with Gasteiger partial charge < -0.3 is 20.1 Å². The second kappa shape index (κ2) is 8.18. The minimum absolute atomic E-state index is 0.379. The summed E-state index contributed by atoms with van der Waals surface area (Å²) < 4.78 is 10.1. The van der Waals surface area contributed by atoms with E-state index >= 15 is 0 Å². The van der Waals surface area contributed by atoms with E-state index in [4.69, 9.17) is 9.47 Å². The third-order valence-electron chi connectivity index (χ3n) is 3.84. The second-order valence-electron chi connectivity index (χ2n) is 5.79. The highest BCUT2D eigenvalue weighted by Crippen LogP contribution is 2.28. The van der Waals surface area contributed by atoms with Crippen LogP contribution < -0.4 is 15.4 Å². The molecule has 1 aromatic heterocycles. The van der Waals surface area contributed by atoms with Gasteiger partial charge in [0, 0.05) is 11.9 Å². The van der Waals surface area contributed by atoms with Crippen molar-refractivity contribution in [2.24, 2.45) is 0 Å². The minimum Gasteiger partial charge on any atom is -0.495 e. The van der Waals surface area contributed by atoms with E-state index in [2.05, 4.69) is 20.6 Å². The fourth-order valence-electron chi connectivity index (χ4n) is 2.48. The molecule has 0 radical (unpaired) electrons. The molecular weight excluding hydrogens is 344 g/mol. The molecule has 0 spiro atoms. The number of ether oxygens (including phenoxy) is 2. The van der Waals surface area contributed by atoms with Crippen LogP contribution in [0.15, 0.2) is 54.7 Å². The number of benzene rings is 2. The normalized spacial score (nSPS) is 10.2. The van der Waals surface area contributed by atoms with Crippen LogP contribution in [-0.2, 0) is 4.74 Å². The molecule has 0 aliphatic heterocycles. The van der Waals surface area contributed by atoms with Crippen molar-refractivity contribution in [3.05, 3.63) is 65.9 Å². The topological polar surface area (TPSA) is 85.4 Å². The number of nitrogens with one attached hydrogen (secondary N) is 2. The van der Waals surface area contributed by atoms with Gasteiger partial charge >= 0.3 is 5.97 Å². The first-order chi connectivity index (χ1) is 13.1. The Morgan fingerprint density at radius 1 is 1.00 bits per heavy atom. The van der Waals surface area contributed by atoms with E-state index in [1.54, 1.807) is 43.6 Å². The lowest BCUT2D eigenvalue weighted by Gasteiger charge is -2.12. The Balaban J connectivity index is 1.76. The summed E-state index contributed by atoms with van der Waals surface area (Å²) in [6.07, 6.45) is 1.66. The van der Waals surface area contributed by atoms with Crippen LogP contribution in [0.2, 0.25) is 0 Å². The fourth-order valence-corrected chi connectivity index (χ4v) is 2.48. The van der Waals surface area contributed by atoms with Crippen molar-refractivity contribution >= 4 is 29.1 Å². The van der Waals surface area contributed by atoms with Crippen LogP contribution in [0.25, 0.3) is 0 Å². The number of hydrogen-bond donors (Lipinski definition) is 2. The molecule has 0 unspecified atom stereocenters. The zero-order valence-corrected chi connectivity index (χ0v) is 15.3. The zero-order chi connectivity index (χ0) is 19.2. The first-order valence-corrected chi connectivity index (χ1v) is 8.29. The van der Waals surface area contributed by atoms with Gasteiger partial charge in [-0.05, 0) is 55.0 Å². The molecule has 0 aliphatic rings. The molecule has 0 fully saturated rings. The second-order valence-corrected chi connectivity index (χ2v) is 5.79. The van der Waals surface area contributed by atoms with Gasteiger partial charge in [0.15, 0.2) is 0 Å². The zero-order valence-electron chi connectivity index (χ0n) is 15.3. The molecule has 1 heterocycles. The summed E-state index contributed by atoms with van der Waals surface area (Å²) in [7, 11) is 2.98. The molecule has 3 rings (SSSR count). The average molecular weight is 364 g/mol. The summed E-state index contributed by atoms with van der Waals surface area (Å²) in [5.41, 5.74) is 3.17. The van der Waals surface area contributed by atoms with Crippen molar-refractivity contribution < 1.29 is 14.3 Å². The summed E-state index contributed by atoms with van der Waals surface area (Å²) in [6.45, 7) is 2.01. The molecular formula is C20H20N4O3. The lowest BCUT2D eigenvalue weighted by atomic mass is 10.2. The number of esters is 1. The molecule has 0 saturated heterocycles. The summed E-state index contributed by atoms with van der Waals surface area (Å²) in [5, 5.41) is 6.35. The van der Waals surface area contributed by atoms with E-state index < -0.39 is 0 Å². The number of carbonyl (C=O) groups excluding carboxylic acids is 1. The van der Waals surface area contributed by atoms with Crippen molar-refractivity contribution in [2.45, 2.75) is 6.92 Å². The van der Waals surface area contributed by atoms with E-state index in [1.165, 1.54) is 7.11 Å². The van der Waals surface area contributed by atoms with Gasteiger partial charge in [-0.1, -0.05) is 6.07 Å². The first kappa shape index (κ1) is 18.2. The fraction of sp³-hybridized carbons (Fsp3) is 0.150. The van der Waals surface area contributed by atoms with Crippen molar-refractivity contribution in [3.63, 3.8) is 0 Å². The Labute approximate surface area is 157 Å². The molecule has 27 heavy (non-hydrogen) atoms. The van der Waals surface area contributed by atoms with Crippen LogP contribution in [0.4, 0.5) is 23.1 Å².